The van der Waals surface area contributed by atoms with Crippen molar-refractivity contribution in [1.29, 1.82) is 0 Å². The van der Waals surface area contributed by atoms with Crippen molar-refractivity contribution in [3.8, 4) is 11.5 Å². The van der Waals surface area contributed by atoms with Crippen LogP contribution >= 0.6 is 11.8 Å². The van der Waals surface area contributed by atoms with Crippen molar-refractivity contribution in [2.45, 2.75) is 29.2 Å². The fourth-order valence-electron chi connectivity index (χ4n) is 3.73. The van der Waals surface area contributed by atoms with Gasteiger partial charge in [0.25, 0.3) is 0 Å². The number of hydrogen-bond acceptors (Lipinski definition) is 6. The average Bonchev–Trinajstić information content (AvgIpc) is 2.90. The fourth-order valence-corrected chi connectivity index (χ4v) is 5.55. The molecular formula is C27H32N2O5S2. The number of nitrogens with one attached hydrogen (secondary N) is 1. The van der Waals surface area contributed by atoms with Crippen LogP contribution in [-0.4, -0.2) is 52.2 Å². The van der Waals surface area contributed by atoms with Crippen LogP contribution in [-0.2, 0) is 21.2 Å². The van der Waals surface area contributed by atoms with E-state index in [0.717, 1.165) is 16.0 Å². The van der Waals surface area contributed by atoms with Gasteiger partial charge in [0.2, 0.25) is 15.9 Å². The summed E-state index contributed by atoms with van der Waals surface area (Å²) in [4.78, 5) is 14.2. The van der Waals surface area contributed by atoms with E-state index >= 15 is 0 Å². The van der Waals surface area contributed by atoms with Gasteiger partial charge in [0.05, 0.1) is 31.7 Å². The molecule has 0 bridgehead atoms. The molecule has 0 radical (unpaired) electrons. The van der Waals surface area contributed by atoms with Crippen LogP contribution in [0.1, 0.15) is 24.1 Å². The Morgan fingerprint density at radius 3 is 2.25 bits per heavy atom. The summed E-state index contributed by atoms with van der Waals surface area (Å²) in [6.45, 7) is 1.71. The highest BCUT2D eigenvalue weighted by Crippen LogP contribution is 2.30. The van der Waals surface area contributed by atoms with Crippen molar-refractivity contribution in [2.75, 3.05) is 33.6 Å². The Labute approximate surface area is 217 Å². The summed E-state index contributed by atoms with van der Waals surface area (Å²) < 4.78 is 39.0. The van der Waals surface area contributed by atoms with E-state index in [1.165, 1.54) is 30.7 Å². The van der Waals surface area contributed by atoms with E-state index in [4.69, 9.17) is 9.47 Å². The fraction of sp³-hybridized carbons (Fsp3) is 0.296. The first-order valence-corrected chi connectivity index (χ1v) is 14.1. The van der Waals surface area contributed by atoms with E-state index in [0.29, 0.717) is 17.9 Å². The Morgan fingerprint density at radius 1 is 0.972 bits per heavy atom. The van der Waals surface area contributed by atoms with Crippen LogP contribution in [0.4, 0.5) is 0 Å². The Kier molecular flexibility index (Phi) is 9.81. The molecule has 0 aliphatic carbocycles. The molecule has 9 heteroatoms. The first-order chi connectivity index (χ1) is 17.3. The van der Waals surface area contributed by atoms with E-state index in [2.05, 4.69) is 5.32 Å². The first-order valence-electron chi connectivity index (χ1n) is 11.5. The summed E-state index contributed by atoms with van der Waals surface area (Å²) in [6.07, 6.45) is 2.47. The highest BCUT2D eigenvalue weighted by Gasteiger charge is 2.28. The summed E-state index contributed by atoms with van der Waals surface area (Å²) in [6, 6.07) is 21.6. The lowest BCUT2D eigenvalue weighted by Crippen LogP contribution is -2.42. The molecule has 192 valence electrons. The van der Waals surface area contributed by atoms with Crippen LogP contribution in [0.25, 0.3) is 0 Å². The molecule has 1 atom stereocenters. The summed E-state index contributed by atoms with van der Waals surface area (Å²) in [5.74, 6) is 0.341. The minimum Gasteiger partial charge on any atom is -0.493 e. The first kappa shape index (κ1) is 27.6. The van der Waals surface area contributed by atoms with Crippen LogP contribution in [0.3, 0.4) is 0 Å². The third kappa shape index (κ3) is 7.02. The third-order valence-corrected chi connectivity index (χ3v) is 8.38. The van der Waals surface area contributed by atoms with Gasteiger partial charge >= 0.3 is 0 Å². The largest absolute Gasteiger partial charge is 0.493 e. The number of carbonyl (C=O) groups excluding carboxylic acids is 1. The maximum absolute atomic E-state index is 13.6. The Hall–Kier alpha value is -3.01. The molecule has 7 nitrogen and oxygen atoms in total. The van der Waals surface area contributed by atoms with Crippen molar-refractivity contribution in [3.63, 3.8) is 0 Å². The molecule has 0 spiro atoms. The quantitative estimate of drug-likeness (QED) is 0.348. The van der Waals surface area contributed by atoms with Crippen molar-refractivity contribution in [1.82, 2.24) is 9.62 Å². The maximum Gasteiger partial charge on any atom is 0.243 e. The van der Waals surface area contributed by atoms with Gasteiger partial charge in [-0.1, -0.05) is 42.5 Å². The number of carbonyl (C=O) groups is 1. The lowest BCUT2D eigenvalue weighted by Gasteiger charge is -2.24. The van der Waals surface area contributed by atoms with Crippen molar-refractivity contribution in [3.05, 3.63) is 83.9 Å². The molecule has 0 heterocycles. The molecule has 0 fully saturated rings. The Morgan fingerprint density at radius 2 is 1.64 bits per heavy atom. The predicted molar refractivity (Wildman–Crippen MR) is 143 cm³/mol. The molecule has 0 aromatic heterocycles. The summed E-state index contributed by atoms with van der Waals surface area (Å²) in [7, 11) is -1.07. The Bertz CT molecular complexity index is 1250. The molecule has 0 unspecified atom stereocenters. The van der Waals surface area contributed by atoms with Gasteiger partial charge in [-0.25, -0.2) is 8.42 Å². The molecule has 1 N–H and O–H groups in total. The highest BCUT2D eigenvalue weighted by atomic mass is 32.2. The lowest BCUT2D eigenvalue weighted by atomic mass is 10.1. The molecule has 0 aliphatic rings. The molecule has 0 saturated carbocycles. The minimum atomic E-state index is -4.00. The second-order valence-corrected chi connectivity index (χ2v) is 11.0. The standard InChI is InChI=1S/C27H32N2O5S2/c1-20(22-10-12-23(35-4)13-11-22)28-27(30)19-29(17-16-21-8-6-5-7-9-21)36(31,32)24-14-15-25(33-2)26(18-24)34-3/h5-15,18,20H,16-17,19H2,1-4H3,(H,28,30)/t20-/m0/s1. The van der Waals surface area contributed by atoms with Gasteiger partial charge < -0.3 is 14.8 Å². The van der Waals surface area contributed by atoms with Crippen LogP contribution in [0.5, 0.6) is 11.5 Å². The number of nitrogens with zero attached hydrogens (tertiary/aromatic N) is 1. The number of rotatable bonds is 12. The molecule has 1 amide bonds. The van der Waals surface area contributed by atoms with Gasteiger partial charge in [0.15, 0.2) is 11.5 Å². The van der Waals surface area contributed by atoms with E-state index in [1.807, 2.05) is 67.8 Å². The zero-order valence-corrected chi connectivity index (χ0v) is 22.6. The SMILES string of the molecule is COc1ccc(S(=O)(=O)N(CCc2ccccc2)CC(=O)N[C@@H](C)c2ccc(SC)cc2)cc1OC. The van der Waals surface area contributed by atoms with Crippen LogP contribution in [0.2, 0.25) is 0 Å². The molecule has 0 aliphatic heterocycles. The normalized spacial score (nSPS) is 12.2. The number of ether oxygens (including phenoxy) is 2. The number of benzene rings is 3. The number of thioether (sulfide) groups is 1. The Balaban J connectivity index is 1.82. The van der Waals surface area contributed by atoms with Crippen LogP contribution in [0.15, 0.2) is 82.6 Å². The van der Waals surface area contributed by atoms with E-state index in [9.17, 15) is 13.2 Å². The minimum absolute atomic E-state index is 0.0294. The number of sulfonamides is 1. The second kappa shape index (κ2) is 12.8. The molecular weight excluding hydrogens is 496 g/mol. The molecule has 3 aromatic rings. The van der Waals surface area contributed by atoms with Crippen molar-refractivity contribution >= 4 is 27.7 Å². The second-order valence-electron chi connectivity index (χ2n) is 8.15. The molecule has 36 heavy (non-hydrogen) atoms. The lowest BCUT2D eigenvalue weighted by molar-refractivity contribution is -0.121. The number of hydrogen-bond donors (Lipinski definition) is 1. The summed E-state index contributed by atoms with van der Waals surface area (Å²) >= 11 is 1.64. The van der Waals surface area contributed by atoms with Crippen LogP contribution in [0, 0.1) is 0 Å². The summed E-state index contributed by atoms with van der Waals surface area (Å²) in [5.41, 5.74) is 1.92. The van der Waals surface area contributed by atoms with Gasteiger partial charge in [0.1, 0.15) is 0 Å². The van der Waals surface area contributed by atoms with Crippen molar-refractivity contribution < 1.29 is 22.7 Å². The monoisotopic (exact) mass is 528 g/mol. The van der Waals surface area contributed by atoms with Gasteiger partial charge in [-0.15, -0.1) is 11.8 Å². The van der Waals surface area contributed by atoms with E-state index in [1.54, 1.807) is 17.8 Å². The molecule has 3 rings (SSSR count). The van der Waals surface area contributed by atoms with Gasteiger partial charge in [-0.2, -0.15) is 4.31 Å². The molecule has 3 aromatic carbocycles. The van der Waals surface area contributed by atoms with Crippen molar-refractivity contribution in [2.24, 2.45) is 0 Å². The van der Waals surface area contributed by atoms with Gasteiger partial charge in [-0.3, -0.25) is 4.79 Å². The topological polar surface area (TPSA) is 84.9 Å². The molecule has 0 saturated heterocycles. The van der Waals surface area contributed by atoms with E-state index < -0.39 is 10.0 Å². The highest BCUT2D eigenvalue weighted by molar-refractivity contribution is 7.98. The maximum atomic E-state index is 13.6. The zero-order chi connectivity index (χ0) is 26.1. The average molecular weight is 529 g/mol. The zero-order valence-electron chi connectivity index (χ0n) is 20.9. The van der Waals surface area contributed by atoms with Gasteiger partial charge in [0, 0.05) is 17.5 Å². The number of methoxy groups -OCH3 is 2. The predicted octanol–water partition coefficient (Wildman–Crippen LogP) is 4.54. The van der Waals surface area contributed by atoms with Gasteiger partial charge in [-0.05, 0) is 55.0 Å². The summed E-state index contributed by atoms with van der Waals surface area (Å²) in [5, 5.41) is 2.93. The smallest absolute Gasteiger partial charge is 0.243 e. The number of amides is 1. The van der Waals surface area contributed by atoms with E-state index in [-0.39, 0.29) is 29.9 Å². The third-order valence-electron chi connectivity index (χ3n) is 5.80. The van der Waals surface area contributed by atoms with Crippen LogP contribution < -0.4 is 14.8 Å².